The van der Waals surface area contributed by atoms with Gasteiger partial charge in [0.05, 0.1) is 6.54 Å². The van der Waals surface area contributed by atoms with Crippen molar-refractivity contribution in [2.24, 2.45) is 0 Å². The van der Waals surface area contributed by atoms with Crippen LogP contribution < -0.4 is 14.8 Å². The number of hydrogen-bond acceptors (Lipinski definition) is 7. The van der Waals surface area contributed by atoms with E-state index < -0.39 is 0 Å². The van der Waals surface area contributed by atoms with Crippen LogP contribution in [0.3, 0.4) is 0 Å². The first-order valence-electron chi connectivity index (χ1n) is 8.72. The number of ether oxygens (including phenoxy) is 2. The molecule has 138 valence electrons. The first kappa shape index (κ1) is 16.9. The van der Waals surface area contributed by atoms with Crippen LogP contribution in [0.25, 0.3) is 0 Å². The molecule has 0 spiro atoms. The van der Waals surface area contributed by atoms with Gasteiger partial charge in [-0.15, -0.1) is 0 Å². The zero-order valence-electron chi connectivity index (χ0n) is 14.7. The van der Waals surface area contributed by atoms with Crippen LogP contribution in [-0.2, 0) is 11.3 Å². The van der Waals surface area contributed by atoms with E-state index in [0.29, 0.717) is 24.9 Å². The average molecular weight is 358 g/mol. The largest absolute Gasteiger partial charge is 0.454 e. The fourth-order valence-electron chi connectivity index (χ4n) is 3.21. The van der Waals surface area contributed by atoms with Crippen LogP contribution in [0, 0.1) is 6.92 Å². The van der Waals surface area contributed by atoms with Gasteiger partial charge in [-0.1, -0.05) is 11.2 Å². The number of rotatable bonds is 5. The summed E-state index contributed by atoms with van der Waals surface area (Å²) in [6.07, 6.45) is 0. The average Bonchev–Trinajstić information content (AvgIpc) is 3.25. The molecule has 0 unspecified atom stereocenters. The van der Waals surface area contributed by atoms with Crippen LogP contribution >= 0.6 is 0 Å². The molecule has 0 saturated carbocycles. The number of anilines is 1. The molecule has 1 aromatic heterocycles. The number of nitrogens with one attached hydrogen (secondary N) is 1. The molecule has 3 heterocycles. The monoisotopic (exact) mass is 358 g/mol. The molecule has 8 nitrogen and oxygen atoms in total. The standard InChI is InChI=1S/C18H22N4O4/c1-13-8-17(20-26-13)19-18(23)11-22-6-4-21(5-7-22)10-14-2-3-15-16(9-14)25-12-24-15/h2-3,8-9H,4-7,10-12H2,1H3,(H,19,20,23). The van der Waals surface area contributed by atoms with Crippen LogP contribution in [0.4, 0.5) is 5.82 Å². The summed E-state index contributed by atoms with van der Waals surface area (Å²) in [4.78, 5) is 16.6. The Balaban J connectivity index is 1.23. The van der Waals surface area contributed by atoms with Crippen LogP contribution in [0.1, 0.15) is 11.3 Å². The predicted octanol–water partition coefficient (Wildman–Crippen LogP) is 1.47. The van der Waals surface area contributed by atoms with Gasteiger partial charge in [0.15, 0.2) is 17.3 Å². The van der Waals surface area contributed by atoms with Gasteiger partial charge < -0.3 is 19.3 Å². The number of carbonyl (C=O) groups is 1. The first-order chi connectivity index (χ1) is 12.7. The number of aryl methyl sites for hydroxylation is 1. The summed E-state index contributed by atoms with van der Waals surface area (Å²) >= 11 is 0. The van der Waals surface area contributed by atoms with E-state index in [1.165, 1.54) is 5.56 Å². The maximum absolute atomic E-state index is 12.1. The molecule has 1 saturated heterocycles. The molecule has 2 aliphatic rings. The van der Waals surface area contributed by atoms with Gasteiger partial charge in [0.25, 0.3) is 0 Å². The topological polar surface area (TPSA) is 80.1 Å². The van der Waals surface area contributed by atoms with Crippen LogP contribution in [0.5, 0.6) is 11.5 Å². The third kappa shape index (κ3) is 3.97. The van der Waals surface area contributed by atoms with Crippen molar-refractivity contribution in [1.82, 2.24) is 15.0 Å². The molecule has 0 radical (unpaired) electrons. The quantitative estimate of drug-likeness (QED) is 0.867. The molecule has 1 aromatic carbocycles. The van der Waals surface area contributed by atoms with E-state index in [0.717, 1.165) is 44.2 Å². The number of hydrogen-bond donors (Lipinski definition) is 1. The Morgan fingerprint density at radius 3 is 2.65 bits per heavy atom. The lowest BCUT2D eigenvalue weighted by Gasteiger charge is -2.34. The summed E-state index contributed by atoms with van der Waals surface area (Å²) in [5.74, 6) is 2.71. The van der Waals surface area contributed by atoms with Gasteiger partial charge in [0, 0.05) is 38.8 Å². The van der Waals surface area contributed by atoms with Gasteiger partial charge in [-0.2, -0.15) is 0 Å². The van der Waals surface area contributed by atoms with Gasteiger partial charge in [0.2, 0.25) is 12.7 Å². The van der Waals surface area contributed by atoms with Crippen molar-refractivity contribution in [3.63, 3.8) is 0 Å². The van der Waals surface area contributed by atoms with Crippen molar-refractivity contribution < 1.29 is 18.8 Å². The number of nitrogens with zero attached hydrogens (tertiary/aromatic N) is 3. The maximum Gasteiger partial charge on any atom is 0.239 e. The second-order valence-corrected chi connectivity index (χ2v) is 6.61. The Bertz CT molecular complexity index is 783. The molecule has 0 bridgehead atoms. The summed E-state index contributed by atoms with van der Waals surface area (Å²) in [6, 6.07) is 7.79. The van der Waals surface area contributed by atoms with E-state index in [-0.39, 0.29) is 5.91 Å². The van der Waals surface area contributed by atoms with Gasteiger partial charge in [-0.05, 0) is 24.6 Å². The molecular weight excluding hydrogens is 336 g/mol. The van der Waals surface area contributed by atoms with Gasteiger partial charge in [-0.3, -0.25) is 14.6 Å². The van der Waals surface area contributed by atoms with Crippen molar-refractivity contribution in [2.75, 3.05) is 44.8 Å². The number of aromatic nitrogens is 1. The molecule has 8 heteroatoms. The summed E-state index contributed by atoms with van der Waals surface area (Å²) in [5, 5.41) is 6.54. The molecular formula is C18H22N4O4. The number of fused-ring (bicyclic) bond motifs is 1. The van der Waals surface area contributed by atoms with Crippen molar-refractivity contribution in [3.8, 4) is 11.5 Å². The van der Waals surface area contributed by atoms with Crippen molar-refractivity contribution in [1.29, 1.82) is 0 Å². The fraction of sp³-hybridized carbons (Fsp3) is 0.444. The molecule has 1 fully saturated rings. The molecule has 2 aliphatic heterocycles. The summed E-state index contributed by atoms with van der Waals surface area (Å²) in [5.41, 5.74) is 1.21. The second kappa shape index (κ2) is 7.35. The van der Waals surface area contributed by atoms with Gasteiger partial charge in [0.1, 0.15) is 5.76 Å². The predicted molar refractivity (Wildman–Crippen MR) is 94.2 cm³/mol. The zero-order valence-corrected chi connectivity index (χ0v) is 14.7. The third-order valence-electron chi connectivity index (χ3n) is 4.57. The summed E-state index contributed by atoms with van der Waals surface area (Å²) in [7, 11) is 0. The minimum atomic E-state index is -0.0671. The van der Waals surface area contributed by atoms with Crippen molar-refractivity contribution in [2.45, 2.75) is 13.5 Å². The molecule has 1 N–H and O–H groups in total. The number of piperazine rings is 1. The molecule has 0 atom stereocenters. The van der Waals surface area contributed by atoms with E-state index in [2.05, 4.69) is 26.3 Å². The Kier molecular flexibility index (Phi) is 4.77. The Labute approximate surface area is 151 Å². The number of benzene rings is 1. The minimum Gasteiger partial charge on any atom is -0.454 e. The van der Waals surface area contributed by atoms with Crippen molar-refractivity contribution in [3.05, 3.63) is 35.6 Å². The second-order valence-electron chi connectivity index (χ2n) is 6.61. The molecule has 2 aromatic rings. The highest BCUT2D eigenvalue weighted by molar-refractivity contribution is 5.91. The summed E-state index contributed by atoms with van der Waals surface area (Å²) < 4.78 is 15.7. The Morgan fingerprint density at radius 1 is 1.12 bits per heavy atom. The fourth-order valence-corrected chi connectivity index (χ4v) is 3.21. The van der Waals surface area contributed by atoms with Crippen molar-refractivity contribution >= 4 is 11.7 Å². The zero-order chi connectivity index (χ0) is 17.9. The smallest absolute Gasteiger partial charge is 0.239 e. The molecule has 4 rings (SSSR count). The highest BCUT2D eigenvalue weighted by Gasteiger charge is 2.20. The van der Waals surface area contributed by atoms with Crippen LogP contribution in [0.2, 0.25) is 0 Å². The highest BCUT2D eigenvalue weighted by atomic mass is 16.7. The van der Waals surface area contributed by atoms with E-state index >= 15 is 0 Å². The first-order valence-corrected chi connectivity index (χ1v) is 8.72. The Hall–Kier alpha value is -2.58. The van der Waals surface area contributed by atoms with E-state index in [1.807, 2.05) is 12.1 Å². The lowest BCUT2D eigenvalue weighted by molar-refractivity contribution is -0.117. The number of amides is 1. The minimum absolute atomic E-state index is 0.0671. The third-order valence-corrected chi connectivity index (χ3v) is 4.57. The van der Waals surface area contributed by atoms with E-state index in [4.69, 9.17) is 14.0 Å². The molecule has 1 amide bonds. The van der Waals surface area contributed by atoms with Gasteiger partial charge >= 0.3 is 0 Å². The van der Waals surface area contributed by atoms with Crippen LogP contribution in [0.15, 0.2) is 28.8 Å². The van der Waals surface area contributed by atoms with E-state index in [9.17, 15) is 4.79 Å². The van der Waals surface area contributed by atoms with Gasteiger partial charge in [-0.25, -0.2) is 0 Å². The lowest BCUT2D eigenvalue weighted by Crippen LogP contribution is -2.48. The van der Waals surface area contributed by atoms with E-state index in [1.54, 1.807) is 13.0 Å². The SMILES string of the molecule is Cc1cc(NC(=O)CN2CCN(Cc3ccc4c(c3)OCO4)CC2)no1. The Morgan fingerprint density at radius 2 is 1.88 bits per heavy atom. The number of carbonyl (C=O) groups excluding carboxylic acids is 1. The normalized spacial score (nSPS) is 17.4. The highest BCUT2D eigenvalue weighted by Crippen LogP contribution is 2.32. The molecule has 0 aliphatic carbocycles. The van der Waals surface area contributed by atoms with Crippen LogP contribution in [-0.4, -0.2) is 60.4 Å². The molecule has 26 heavy (non-hydrogen) atoms. The maximum atomic E-state index is 12.1. The summed E-state index contributed by atoms with van der Waals surface area (Å²) in [6.45, 7) is 6.88. The lowest BCUT2D eigenvalue weighted by atomic mass is 10.1.